The van der Waals surface area contributed by atoms with E-state index in [9.17, 15) is 18.8 Å². The highest BCUT2D eigenvalue weighted by molar-refractivity contribution is 6.35. The number of hydrogen-bond donors (Lipinski definition) is 2. The summed E-state index contributed by atoms with van der Waals surface area (Å²) in [5.41, 5.74) is 7.31. The van der Waals surface area contributed by atoms with Gasteiger partial charge in [-0.2, -0.15) is 5.43 Å². The highest BCUT2D eigenvalue weighted by atomic mass is 127. The molecule has 3 amide bonds. The molecule has 0 bridgehead atoms. The number of hydrogen-bond acceptors (Lipinski definition) is 3. The van der Waals surface area contributed by atoms with Crippen LogP contribution in [0.2, 0.25) is 5.02 Å². The minimum atomic E-state index is -0.510. The van der Waals surface area contributed by atoms with Crippen molar-refractivity contribution in [3.05, 3.63) is 117 Å². The first-order valence-corrected chi connectivity index (χ1v) is 13.4. The molecule has 0 aliphatic carbocycles. The molecular formula is C31H30ClFIN5O3. The molecule has 42 heavy (non-hydrogen) atoms. The summed E-state index contributed by atoms with van der Waals surface area (Å²) in [4.78, 5) is 41.4. The number of aromatic nitrogens is 1. The lowest BCUT2D eigenvalue weighted by atomic mass is 10.1. The molecule has 3 aromatic carbocycles. The second-order valence-electron chi connectivity index (χ2n) is 10.9. The summed E-state index contributed by atoms with van der Waals surface area (Å²) < 4.78 is 15.9. The molecule has 8 nitrogen and oxygen atoms in total. The Bertz CT molecular complexity index is 1700. The summed E-state index contributed by atoms with van der Waals surface area (Å²) in [6.07, 6.45) is 0. The van der Waals surface area contributed by atoms with E-state index in [1.807, 2.05) is 56.0 Å². The van der Waals surface area contributed by atoms with E-state index in [2.05, 4.69) is 10.7 Å². The van der Waals surface area contributed by atoms with Crippen LogP contribution < -0.4 is 39.6 Å². The van der Waals surface area contributed by atoms with Crippen molar-refractivity contribution in [2.24, 2.45) is 0 Å². The molecule has 1 aliphatic rings. The van der Waals surface area contributed by atoms with E-state index in [1.54, 1.807) is 30.0 Å². The monoisotopic (exact) mass is 701 g/mol. The minimum Gasteiger partial charge on any atom is -1.00 e. The van der Waals surface area contributed by atoms with Crippen LogP contribution in [0.15, 0.2) is 72.8 Å². The van der Waals surface area contributed by atoms with Crippen LogP contribution in [-0.2, 0) is 13.1 Å². The number of anilines is 2. The molecule has 1 aliphatic heterocycles. The molecule has 0 spiro atoms. The van der Waals surface area contributed by atoms with E-state index < -0.39 is 11.7 Å². The third-order valence-corrected chi connectivity index (χ3v) is 7.13. The summed E-state index contributed by atoms with van der Waals surface area (Å²) in [6, 6.07) is 19.8. The van der Waals surface area contributed by atoms with Gasteiger partial charge in [0.25, 0.3) is 11.8 Å². The Morgan fingerprint density at radius 1 is 0.881 bits per heavy atom. The number of para-hydroxylation sites is 1. The number of halogens is 3. The topological polar surface area (TPSA) is 83.4 Å². The van der Waals surface area contributed by atoms with E-state index in [1.165, 1.54) is 24.3 Å². The SMILES string of the molecule is Cc1ccc(F)cc1C(=O)Nc1ccc(C(=O)N2Cc3ccc(C(=O)N[N+](C)(C)C)n3Cc3ccccc32)c(Cl)c1.[I-]. The van der Waals surface area contributed by atoms with Crippen LogP contribution in [0.4, 0.5) is 15.8 Å². The summed E-state index contributed by atoms with van der Waals surface area (Å²) in [5.74, 6) is -1.53. The molecule has 2 N–H and O–H groups in total. The number of amides is 3. The maximum Gasteiger partial charge on any atom is 0.312 e. The van der Waals surface area contributed by atoms with Crippen molar-refractivity contribution < 1.29 is 47.3 Å². The van der Waals surface area contributed by atoms with Crippen LogP contribution in [0, 0.1) is 12.7 Å². The van der Waals surface area contributed by atoms with Crippen LogP contribution in [-0.4, -0.2) is 48.0 Å². The van der Waals surface area contributed by atoms with Gasteiger partial charge in [-0.25, -0.2) is 8.98 Å². The average Bonchev–Trinajstić information content (AvgIpc) is 3.22. The van der Waals surface area contributed by atoms with Crippen molar-refractivity contribution in [2.45, 2.75) is 20.0 Å². The zero-order valence-electron chi connectivity index (χ0n) is 23.5. The van der Waals surface area contributed by atoms with Gasteiger partial charge in [-0.1, -0.05) is 35.9 Å². The molecule has 0 unspecified atom stereocenters. The number of fused-ring (bicyclic) bond motifs is 2. The highest BCUT2D eigenvalue weighted by Crippen LogP contribution is 2.32. The van der Waals surface area contributed by atoms with Crippen LogP contribution in [0.3, 0.4) is 0 Å². The molecule has 11 heteroatoms. The molecule has 5 rings (SSSR count). The zero-order valence-corrected chi connectivity index (χ0v) is 26.5. The van der Waals surface area contributed by atoms with Crippen molar-refractivity contribution in [3.63, 3.8) is 0 Å². The molecule has 4 aromatic rings. The Balaban J connectivity index is 0.00000405. The summed E-state index contributed by atoms with van der Waals surface area (Å²) in [7, 11) is 5.59. The van der Waals surface area contributed by atoms with Gasteiger partial charge in [0.05, 0.1) is 44.8 Å². The number of aryl methyl sites for hydroxylation is 1. The van der Waals surface area contributed by atoms with Gasteiger partial charge in [0.15, 0.2) is 0 Å². The Labute approximate surface area is 265 Å². The molecule has 218 valence electrons. The Kier molecular flexibility index (Phi) is 9.09. The standard InChI is InChI=1S/C31H29ClFN5O3.HI/c1-19-9-10-21(33)15-25(19)29(39)34-22-11-13-24(26(32)16-22)31(41)37-18-23-12-14-28(30(40)35-38(2,3)4)36(23)17-20-7-5-6-8-27(20)37;/h5-16H,17-18H2,1-4H3,(H-,34,35,39,40,41);1H. The van der Waals surface area contributed by atoms with E-state index in [-0.39, 0.29) is 63.1 Å². The van der Waals surface area contributed by atoms with Gasteiger partial charge in [0, 0.05) is 22.6 Å². The van der Waals surface area contributed by atoms with Gasteiger partial charge in [-0.3, -0.25) is 14.4 Å². The smallest absolute Gasteiger partial charge is 0.312 e. The van der Waals surface area contributed by atoms with Crippen molar-refractivity contribution in [1.29, 1.82) is 0 Å². The molecule has 0 fully saturated rings. The molecule has 0 atom stereocenters. The maximum absolute atomic E-state index is 13.9. The van der Waals surface area contributed by atoms with E-state index in [4.69, 9.17) is 11.6 Å². The normalized spacial score (nSPS) is 12.4. The van der Waals surface area contributed by atoms with Gasteiger partial charge in [-0.15, -0.1) is 0 Å². The first-order valence-electron chi connectivity index (χ1n) is 13.0. The fourth-order valence-electron chi connectivity index (χ4n) is 4.85. The van der Waals surface area contributed by atoms with Gasteiger partial charge < -0.3 is 38.8 Å². The number of quaternary nitrogens is 1. The number of carbonyl (C=O) groups excluding carboxylic acids is 3. The fourth-order valence-corrected chi connectivity index (χ4v) is 5.11. The van der Waals surface area contributed by atoms with Gasteiger partial charge in [-0.05, 0) is 66.6 Å². The zero-order chi connectivity index (χ0) is 29.5. The van der Waals surface area contributed by atoms with E-state index >= 15 is 0 Å². The van der Waals surface area contributed by atoms with Gasteiger partial charge in [0.2, 0.25) is 0 Å². The molecule has 2 heterocycles. The van der Waals surface area contributed by atoms with Crippen molar-refractivity contribution in [3.8, 4) is 0 Å². The second-order valence-corrected chi connectivity index (χ2v) is 11.3. The molecular weight excluding hydrogens is 672 g/mol. The fraction of sp³-hybridized carbons (Fsp3) is 0.194. The number of carbonyl (C=O) groups is 3. The summed E-state index contributed by atoms with van der Waals surface area (Å²) in [5, 5.41) is 2.88. The second kappa shape index (κ2) is 12.2. The van der Waals surface area contributed by atoms with Gasteiger partial charge in [0.1, 0.15) is 11.5 Å². The van der Waals surface area contributed by atoms with Crippen LogP contribution in [0.1, 0.15) is 48.0 Å². The number of benzene rings is 3. The third kappa shape index (κ3) is 6.50. The minimum absolute atomic E-state index is 0. The Morgan fingerprint density at radius 2 is 1.62 bits per heavy atom. The lowest BCUT2D eigenvalue weighted by Crippen LogP contribution is -3.00. The lowest BCUT2D eigenvalue weighted by molar-refractivity contribution is -0.905. The highest BCUT2D eigenvalue weighted by Gasteiger charge is 2.29. The Morgan fingerprint density at radius 3 is 2.33 bits per heavy atom. The van der Waals surface area contributed by atoms with Gasteiger partial charge >= 0.3 is 5.91 Å². The molecule has 0 saturated heterocycles. The third-order valence-electron chi connectivity index (χ3n) is 6.82. The first kappa shape index (κ1) is 31.2. The van der Waals surface area contributed by atoms with Crippen LogP contribution in [0.5, 0.6) is 0 Å². The van der Waals surface area contributed by atoms with Crippen molar-refractivity contribution >= 4 is 40.7 Å². The number of rotatable bonds is 5. The van der Waals surface area contributed by atoms with Crippen molar-refractivity contribution in [2.75, 3.05) is 31.4 Å². The largest absolute Gasteiger partial charge is 1.00 e. The first-order chi connectivity index (χ1) is 19.4. The predicted octanol–water partition coefficient (Wildman–Crippen LogP) is 2.41. The van der Waals surface area contributed by atoms with E-state index in [0.717, 1.165) is 11.3 Å². The average molecular weight is 702 g/mol. The summed E-state index contributed by atoms with van der Waals surface area (Å²) >= 11 is 6.59. The number of nitrogens with zero attached hydrogens (tertiary/aromatic N) is 3. The van der Waals surface area contributed by atoms with Crippen LogP contribution >= 0.6 is 11.6 Å². The molecule has 1 aromatic heterocycles. The number of nitrogens with one attached hydrogen (secondary N) is 2. The predicted molar refractivity (Wildman–Crippen MR) is 157 cm³/mol. The quantitative estimate of drug-likeness (QED) is 0.191. The Hall–Kier alpha value is -3.74. The lowest BCUT2D eigenvalue weighted by Gasteiger charge is -2.24. The van der Waals surface area contributed by atoms with Crippen LogP contribution in [0.25, 0.3) is 0 Å². The van der Waals surface area contributed by atoms with Crippen molar-refractivity contribution in [1.82, 2.24) is 9.99 Å². The molecule has 0 saturated carbocycles. The molecule has 0 radical (unpaired) electrons. The van der Waals surface area contributed by atoms with E-state index in [0.29, 0.717) is 29.2 Å². The summed E-state index contributed by atoms with van der Waals surface area (Å²) in [6.45, 7) is 2.36. The maximum atomic E-state index is 13.9.